The van der Waals surface area contributed by atoms with Crippen LogP contribution in [-0.2, 0) is 0 Å². The van der Waals surface area contributed by atoms with Gasteiger partial charge in [-0.25, -0.2) is 0 Å². The third-order valence-corrected chi connectivity index (χ3v) is 3.73. The second kappa shape index (κ2) is 5.48. The Bertz CT molecular complexity index is 439. The average molecular weight is 252 g/mol. The largest absolute Gasteiger partial charge is 0.306 e. The molecule has 1 unspecified atom stereocenters. The SMILES string of the molecule is CCNC(c1cccs1)c1ccccc1Cl. The lowest BCUT2D eigenvalue weighted by atomic mass is 10.1. The smallest absolute Gasteiger partial charge is 0.0685 e. The molecule has 1 heterocycles. The zero-order chi connectivity index (χ0) is 11.4. The van der Waals surface area contributed by atoms with Gasteiger partial charge in [-0.05, 0) is 29.6 Å². The second-order valence-corrected chi connectivity index (χ2v) is 4.91. The first-order valence-corrected chi connectivity index (χ1v) is 6.60. The Morgan fingerprint density at radius 3 is 2.69 bits per heavy atom. The number of halogens is 1. The van der Waals surface area contributed by atoms with Crippen LogP contribution < -0.4 is 5.32 Å². The highest BCUT2D eigenvalue weighted by Crippen LogP contribution is 2.30. The molecule has 0 saturated carbocycles. The molecule has 1 aromatic carbocycles. The zero-order valence-corrected chi connectivity index (χ0v) is 10.7. The standard InChI is InChI=1S/C13H14ClNS/c1-2-15-13(12-8-5-9-16-12)10-6-3-4-7-11(10)14/h3-9,13,15H,2H2,1H3. The number of thiophene rings is 1. The second-order valence-electron chi connectivity index (χ2n) is 3.53. The molecule has 16 heavy (non-hydrogen) atoms. The fourth-order valence-corrected chi connectivity index (χ4v) is 2.80. The van der Waals surface area contributed by atoms with Gasteiger partial charge in [0, 0.05) is 9.90 Å². The lowest BCUT2D eigenvalue weighted by molar-refractivity contribution is 0.640. The predicted octanol–water partition coefficient (Wildman–Crippen LogP) is 4.10. The van der Waals surface area contributed by atoms with Crippen LogP contribution in [0.1, 0.15) is 23.4 Å². The normalized spacial score (nSPS) is 12.6. The maximum Gasteiger partial charge on any atom is 0.0685 e. The summed E-state index contributed by atoms with van der Waals surface area (Å²) in [7, 11) is 0. The molecule has 0 aliphatic heterocycles. The summed E-state index contributed by atoms with van der Waals surface area (Å²) < 4.78 is 0. The van der Waals surface area contributed by atoms with Crippen LogP contribution in [0.3, 0.4) is 0 Å². The van der Waals surface area contributed by atoms with E-state index in [1.54, 1.807) is 11.3 Å². The van der Waals surface area contributed by atoms with Gasteiger partial charge in [0.25, 0.3) is 0 Å². The van der Waals surface area contributed by atoms with E-state index in [-0.39, 0.29) is 6.04 Å². The summed E-state index contributed by atoms with van der Waals surface area (Å²) in [6, 6.07) is 12.4. The Hall–Kier alpha value is -0.830. The van der Waals surface area contributed by atoms with Crippen LogP contribution in [0, 0.1) is 0 Å². The summed E-state index contributed by atoms with van der Waals surface area (Å²) in [5, 5.41) is 6.38. The van der Waals surface area contributed by atoms with Gasteiger partial charge in [0.05, 0.1) is 6.04 Å². The van der Waals surface area contributed by atoms with Gasteiger partial charge < -0.3 is 5.32 Å². The van der Waals surface area contributed by atoms with Gasteiger partial charge in [0.1, 0.15) is 0 Å². The minimum Gasteiger partial charge on any atom is -0.306 e. The molecule has 0 saturated heterocycles. The lowest BCUT2D eigenvalue weighted by Gasteiger charge is -2.18. The Morgan fingerprint density at radius 1 is 1.25 bits per heavy atom. The molecule has 0 amide bonds. The molecule has 0 bridgehead atoms. The highest BCUT2D eigenvalue weighted by Gasteiger charge is 2.15. The topological polar surface area (TPSA) is 12.0 Å². The van der Waals surface area contributed by atoms with Crippen molar-refractivity contribution < 1.29 is 0 Å². The minimum atomic E-state index is 0.207. The Labute approximate surface area is 105 Å². The molecule has 0 radical (unpaired) electrons. The van der Waals surface area contributed by atoms with Crippen molar-refractivity contribution in [1.82, 2.24) is 5.32 Å². The first kappa shape index (κ1) is 11.6. The van der Waals surface area contributed by atoms with E-state index < -0.39 is 0 Å². The van der Waals surface area contributed by atoms with Crippen LogP contribution in [0.4, 0.5) is 0 Å². The van der Waals surface area contributed by atoms with Crippen molar-refractivity contribution >= 4 is 22.9 Å². The van der Waals surface area contributed by atoms with Gasteiger partial charge in [-0.1, -0.05) is 42.8 Å². The van der Waals surface area contributed by atoms with Gasteiger partial charge >= 0.3 is 0 Å². The molecule has 1 N–H and O–H groups in total. The highest BCUT2D eigenvalue weighted by molar-refractivity contribution is 7.10. The summed E-state index contributed by atoms with van der Waals surface area (Å²) in [6.07, 6.45) is 0. The predicted molar refractivity (Wildman–Crippen MR) is 71.3 cm³/mol. The molecular weight excluding hydrogens is 238 g/mol. The van der Waals surface area contributed by atoms with E-state index >= 15 is 0 Å². The number of hydrogen-bond acceptors (Lipinski definition) is 2. The van der Waals surface area contributed by atoms with E-state index in [2.05, 4.69) is 35.8 Å². The maximum atomic E-state index is 6.24. The fraction of sp³-hybridized carbons (Fsp3) is 0.231. The number of rotatable bonds is 4. The van der Waals surface area contributed by atoms with Crippen LogP contribution in [0.15, 0.2) is 41.8 Å². The zero-order valence-electron chi connectivity index (χ0n) is 9.11. The van der Waals surface area contributed by atoms with E-state index in [1.165, 1.54) is 4.88 Å². The minimum absolute atomic E-state index is 0.207. The monoisotopic (exact) mass is 251 g/mol. The van der Waals surface area contributed by atoms with Gasteiger partial charge in [-0.3, -0.25) is 0 Å². The molecule has 84 valence electrons. The van der Waals surface area contributed by atoms with Gasteiger partial charge in [0.15, 0.2) is 0 Å². The molecule has 1 nitrogen and oxygen atoms in total. The van der Waals surface area contributed by atoms with Crippen molar-refractivity contribution in [3.63, 3.8) is 0 Å². The molecule has 0 fully saturated rings. The van der Waals surface area contributed by atoms with Crippen molar-refractivity contribution in [1.29, 1.82) is 0 Å². The first-order valence-electron chi connectivity index (χ1n) is 5.34. The highest BCUT2D eigenvalue weighted by atomic mass is 35.5. The van der Waals surface area contributed by atoms with Gasteiger partial charge in [-0.15, -0.1) is 11.3 Å². The van der Waals surface area contributed by atoms with Crippen molar-refractivity contribution in [3.05, 3.63) is 57.2 Å². The number of nitrogens with one attached hydrogen (secondary N) is 1. The van der Waals surface area contributed by atoms with Crippen LogP contribution in [0.5, 0.6) is 0 Å². The summed E-state index contributed by atoms with van der Waals surface area (Å²) in [5.74, 6) is 0. The summed E-state index contributed by atoms with van der Waals surface area (Å²) in [5.41, 5.74) is 1.15. The molecular formula is C13H14ClNS. The van der Waals surface area contributed by atoms with Crippen molar-refractivity contribution in [2.75, 3.05) is 6.54 Å². The quantitative estimate of drug-likeness (QED) is 0.863. The van der Waals surface area contributed by atoms with Gasteiger partial charge in [0.2, 0.25) is 0 Å². The average Bonchev–Trinajstić information content (AvgIpc) is 2.80. The van der Waals surface area contributed by atoms with Gasteiger partial charge in [-0.2, -0.15) is 0 Å². The number of hydrogen-bond donors (Lipinski definition) is 1. The molecule has 2 aromatic rings. The Kier molecular flexibility index (Phi) is 3.99. The van der Waals surface area contributed by atoms with Crippen LogP contribution >= 0.6 is 22.9 Å². The Morgan fingerprint density at radius 2 is 2.06 bits per heavy atom. The summed E-state index contributed by atoms with van der Waals surface area (Å²) in [4.78, 5) is 1.30. The van der Waals surface area contributed by atoms with E-state index in [4.69, 9.17) is 11.6 Å². The molecule has 1 atom stereocenters. The van der Waals surface area contributed by atoms with E-state index in [1.807, 2.05) is 18.2 Å². The van der Waals surface area contributed by atoms with Crippen molar-refractivity contribution in [2.24, 2.45) is 0 Å². The van der Waals surface area contributed by atoms with Crippen LogP contribution in [0.25, 0.3) is 0 Å². The molecule has 2 rings (SSSR count). The summed E-state index contributed by atoms with van der Waals surface area (Å²) >= 11 is 7.99. The van der Waals surface area contributed by atoms with E-state index in [0.29, 0.717) is 0 Å². The van der Waals surface area contributed by atoms with Crippen molar-refractivity contribution in [3.8, 4) is 0 Å². The lowest BCUT2D eigenvalue weighted by Crippen LogP contribution is -2.21. The molecule has 0 aliphatic carbocycles. The molecule has 3 heteroatoms. The van der Waals surface area contributed by atoms with Crippen LogP contribution in [-0.4, -0.2) is 6.54 Å². The molecule has 0 spiro atoms. The third kappa shape index (κ3) is 2.46. The van der Waals surface area contributed by atoms with Crippen molar-refractivity contribution in [2.45, 2.75) is 13.0 Å². The first-order chi connectivity index (χ1) is 7.83. The van der Waals surface area contributed by atoms with E-state index in [0.717, 1.165) is 17.1 Å². The van der Waals surface area contributed by atoms with Crippen LogP contribution in [0.2, 0.25) is 5.02 Å². The fourth-order valence-electron chi connectivity index (χ4n) is 1.73. The Balaban J connectivity index is 2.37. The molecule has 1 aromatic heterocycles. The maximum absolute atomic E-state index is 6.24. The van der Waals surface area contributed by atoms with E-state index in [9.17, 15) is 0 Å². The molecule has 0 aliphatic rings. The summed E-state index contributed by atoms with van der Waals surface area (Å²) in [6.45, 7) is 3.03. The number of benzene rings is 1. The third-order valence-electron chi connectivity index (χ3n) is 2.45.